The Labute approximate surface area is 87.7 Å². The van der Waals surface area contributed by atoms with E-state index in [1.807, 2.05) is 0 Å². The Bertz CT molecular complexity index is 237. The van der Waals surface area contributed by atoms with Gasteiger partial charge in [-0.05, 0) is 12.8 Å². The van der Waals surface area contributed by atoms with Crippen LogP contribution in [0.4, 0.5) is 0 Å². The van der Waals surface area contributed by atoms with Crippen LogP contribution >= 0.6 is 0 Å². The standard InChI is InChI=1S/C9H15NO5/c1-14-9(11)5-7(6-10(12)13)8-3-2-4-15-8/h7-8H,2-6H2,1H3/t7-,8+/m1/s1. The van der Waals surface area contributed by atoms with Crippen LogP contribution in [0.2, 0.25) is 0 Å². The minimum Gasteiger partial charge on any atom is -0.469 e. The van der Waals surface area contributed by atoms with Gasteiger partial charge in [0.05, 0.1) is 25.6 Å². The third-order valence-corrected chi connectivity index (χ3v) is 2.53. The number of carbonyl (C=O) groups excluding carboxylic acids is 1. The minimum atomic E-state index is -0.419. The Kier molecular flexibility index (Phi) is 4.48. The predicted octanol–water partition coefficient (Wildman–Crippen LogP) is 0.621. The first-order chi connectivity index (χ1) is 7.13. The molecule has 0 aromatic carbocycles. The molecule has 86 valence electrons. The number of hydrogen-bond acceptors (Lipinski definition) is 5. The van der Waals surface area contributed by atoms with Gasteiger partial charge in [0.15, 0.2) is 0 Å². The van der Waals surface area contributed by atoms with Crippen molar-refractivity contribution >= 4 is 5.97 Å². The van der Waals surface area contributed by atoms with E-state index in [9.17, 15) is 14.9 Å². The molecule has 0 unspecified atom stereocenters. The summed E-state index contributed by atoms with van der Waals surface area (Å²) < 4.78 is 9.85. The summed E-state index contributed by atoms with van der Waals surface area (Å²) in [6.07, 6.45) is 1.58. The van der Waals surface area contributed by atoms with Crippen LogP contribution in [0.15, 0.2) is 0 Å². The van der Waals surface area contributed by atoms with Crippen molar-refractivity contribution in [2.45, 2.75) is 25.4 Å². The summed E-state index contributed by atoms with van der Waals surface area (Å²) in [5, 5.41) is 10.4. The first-order valence-electron chi connectivity index (χ1n) is 4.93. The fourth-order valence-corrected chi connectivity index (χ4v) is 1.78. The predicted molar refractivity (Wildman–Crippen MR) is 51.0 cm³/mol. The van der Waals surface area contributed by atoms with Gasteiger partial charge in [-0.1, -0.05) is 0 Å². The molecule has 0 spiro atoms. The van der Waals surface area contributed by atoms with Crippen molar-refractivity contribution in [2.75, 3.05) is 20.3 Å². The quantitative estimate of drug-likeness (QED) is 0.383. The molecule has 0 N–H and O–H groups in total. The highest BCUT2D eigenvalue weighted by Crippen LogP contribution is 2.23. The molecule has 6 nitrogen and oxygen atoms in total. The Morgan fingerprint density at radius 3 is 2.93 bits per heavy atom. The molecule has 0 aromatic rings. The van der Waals surface area contributed by atoms with Crippen molar-refractivity contribution in [1.29, 1.82) is 0 Å². The SMILES string of the molecule is COC(=O)C[C@H](C[N+](=O)[O-])[C@@H]1CCCO1. The molecule has 1 aliphatic heterocycles. The van der Waals surface area contributed by atoms with E-state index in [2.05, 4.69) is 4.74 Å². The first kappa shape index (κ1) is 11.9. The van der Waals surface area contributed by atoms with Crippen molar-refractivity contribution in [2.24, 2.45) is 5.92 Å². The fraction of sp³-hybridized carbons (Fsp3) is 0.889. The molecule has 0 aliphatic carbocycles. The Morgan fingerprint density at radius 1 is 1.73 bits per heavy atom. The lowest BCUT2D eigenvalue weighted by Crippen LogP contribution is -2.29. The lowest BCUT2D eigenvalue weighted by Gasteiger charge is -2.17. The molecule has 1 heterocycles. The summed E-state index contributed by atoms with van der Waals surface area (Å²) >= 11 is 0. The largest absolute Gasteiger partial charge is 0.469 e. The molecule has 0 amide bonds. The Hall–Kier alpha value is -1.17. The highest BCUT2D eigenvalue weighted by atomic mass is 16.6. The van der Waals surface area contributed by atoms with Crippen molar-refractivity contribution in [3.05, 3.63) is 10.1 Å². The van der Waals surface area contributed by atoms with Gasteiger partial charge in [0.25, 0.3) is 0 Å². The van der Waals surface area contributed by atoms with Crippen LogP contribution in [-0.4, -0.2) is 37.3 Å². The second-order valence-electron chi connectivity index (χ2n) is 3.61. The molecule has 15 heavy (non-hydrogen) atoms. The van der Waals surface area contributed by atoms with Crippen LogP contribution in [0.25, 0.3) is 0 Å². The average molecular weight is 217 g/mol. The van der Waals surface area contributed by atoms with Crippen LogP contribution in [0.3, 0.4) is 0 Å². The maximum atomic E-state index is 11.1. The maximum Gasteiger partial charge on any atom is 0.306 e. The van der Waals surface area contributed by atoms with Gasteiger partial charge in [-0.15, -0.1) is 0 Å². The Balaban J connectivity index is 2.51. The summed E-state index contributed by atoms with van der Waals surface area (Å²) in [5.74, 6) is -0.785. The second kappa shape index (κ2) is 5.65. The molecular weight excluding hydrogens is 202 g/mol. The summed E-state index contributed by atoms with van der Waals surface area (Å²) in [6, 6.07) is 0. The number of esters is 1. The van der Waals surface area contributed by atoms with Crippen LogP contribution in [0.5, 0.6) is 0 Å². The van der Waals surface area contributed by atoms with E-state index >= 15 is 0 Å². The lowest BCUT2D eigenvalue weighted by atomic mass is 9.96. The van der Waals surface area contributed by atoms with Gasteiger partial charge in [0.1, 0.15) is 0 Å². The van der Waals surface area contributed by atoms with Gasteiger partial charge in [0, 0.05) is 11.5 Å². The zero-order valence-electron chi connectivity index (χ0n) is 8.68. The van der Waals surface area contributed by atoms with Gasteiger partial charge in [-0.3, -0.25) is 14.9 Å². The molecule has 6 heteroatoms. The lowest BCUT2D eigenvalue weighted by molar-refractivity contribution is -0.490. The van der Waals surface area contributed by atoms with E-state index in [1.165, 1.54) is 7.11 Å². The summed E-state index contributed by atoms with van der Waals surface area (Å²) in [4.78, 5) is 21.1. The minimum absolute atomic E-state index is 0.0577. The first-order valence-corrected chi connectivity index (χ1v) is 4.93. The third-order valence-electron chi connectivity index (χ3n) is 2.53. The molecule has 1 saturated heterocycles. The maximum absolute atomic E-state index is 11.1. The summed E-state index contributed by atoms with van der Waals surface area (Å²) in [5.41, 5.74) is 0. The van der Waals surface area contributed by atoms with E-state index in [0.29, 0.717) is 6.61 Å². The molecular formula is C9H15NO5. The van der Waals surface area contributed by atoms with Gasteiger partial charge in [-0.25, -0.2) is 0 Å². The molecule has 1 rings (SSSR count). The van der Waals surface area contributed by atoms with Gasteiger partial charge < -0.3 is 9.47 Å². The normalized spacial score (nSPS) is 22.3. The molecule has 0 saturated carbocycles. The summed E-state index contributed by atoms with van der Waals surface area (Å²) in [6.45, 7) is 0.389. The molecule has 1 aliphatic rings. The van der Waals surface area contributed by atoms with E-state index in [4.69, 9.17) is 4.74 Å². The number of nitro groups is 1. The number of carbonyl (C=O) groups is 1. The molecule has 0 radical (unpaired) electrons. The molecule has 1 fully saturated rings. The number of nitrogens with zero attached hydrogens (tertiary/aromatic N) is 1. The van der Waals surface area contributed by atoms with E-state index in [0.717, 1.165) is 12.8 Å². The number of methoxy groups -OCH3 is 1. The van der Waals surface area contributed by atoms with Crippen LogP contribution < -0.4 is 0 Å². The number of rotatable bonds is 5. The highest BCUT2D eigenvalue weighted by molar-refractivity contribution is 5.69. The van der Waals surface area contributed by atoms with Crippen LogP contribution in [0, 0.1) is 16.0 Å². The molecule has 0 aromatic heterocycles. The zero-order chi connectivity index (χ0) is 11.3. The second-order valence-corrected chi connectivity index (χ2v) is 3.61. The molecule has 2 atom stereocenters. The van der Waals surface area contributed by atoms with Gasteiger partial charge in [-0.2, -0.15) is 0 Å². The third kappa shape index (κ3) is 3.83. The van der Waals surface area contributed by atoms with Gasteiger partial charge in [0.2, 0.25) is 6.54 Å². The molecule has 0 bridgehead atoms. The number of ether oxygens (including phenoxy) is 2. The van der Waals surface area contributed by atoms with Gasteiger partial charge >= 0.3 is 5.97 Å². The van der Waals surface area contributed by atoms with E-state index in [-0.39, 0.29) is 25.0 Å². The van der Waals surface area contributed by atoms with E-state index in [1.54, 1.807) is 0 Å². The van der Waals surface area contributed by atoms with Crippen molar-refractivity contribution in [3.8, 4) is 0 Å². The van der Waals surface area contributed by atoms with E-state index < -0.39 is 10.9 Å². The highest BCUT2D eigenvalue weighted by Gasteiger charge is 2.31. The summed E-state index contributed by atoms with van der Waals surface area (Å²) in [7, 11) is 1.28. The van der Waals surface area contributed by atoms with Crippen molar-refractivity contribution in [1.82, 2.24) is 0 Å². The number of hydrogen-bond donors (Lipinski definition) is 0. The Morgan fingerprint density at radius 2 is 2.47 bits per heavy atom. The topological polar surface area (TPSA) is 78.7 Å². The van der Waals surface area contributed by atoms with Crippen molar-refractivity contribution in [3.63, 3.8) is 0 Å². The van der Waals surface area contributed by atoms with Crippen molar-refractivity contribution < 1.29 is 19.2 Å². The van der Waals surface area contributed by atoms with Crippen LogP contribution in [0.1, 0.15) is 19.3 Å². The van der Waals surface area contributed by atoms with Crippen LogP contribution in [-0.2, 0) is 14.3 Å². The zero-order valence-corrected chi connectivity index (χ0v) is 8.68. The smallest absolute Gasteiger partial charge is 0.306 e. The monoisotopic (exact) mass is 217 g/mol. The fourth-order valence-electron chi connectivity index (χ4n) is 1.78. The average Bonchev–Trinajstić information content (AvgIpc) is 2.68.